The summed E-state index contributed by atoms with van der Waals surface area (Å²) in [5.41, 5.74) is 0.633. The number of nitrogens with one attached hydrogen (secondary N) is 1. The van der Waals surface area contributed by atoms with Crippen molar-refractivity contribution in [3.8, 4) is 0 Å². The fourth-order valence-electron chi connectivity index (χ4n) is 2.60. The molecule has 0 aliphatic carbocycles. The number of nitrogens with zero attached hydrogens (tertiary/aromatic N) is 3. The summed E-state index contributed by atoms with van der Waals surface area (Å²) in [6, 6.07) is 9.34. The summed E-state index contributed by atoms with van der Waals surface area (Å²) in [7, 11) is 1.77. The second kappa shape index (κ2) is 5.72. The smallest absolute Gasteiger partial charge is 0.319 e. The van der Waals surface area contributed by atoms with Crippen LogP contribution in [-0.4, -0.2) is 33.2 Å². The topological polar surface area (TPSA) is 67.2 Å². The molecule has 6 heteroatoms. The largest absolute Gasteiger partial charge is 0.325 e. The third kappa shape index (κ3) is 2.75. The van der Waals surface area contributed by atoms with E-state index in [0.717, 1.165) is 5.56 Å². The van der Waals surface area contributed by atoms with Crippen LogP contribution in [0.2, 0.25) is 0 Å². The summed E-state index contributed by atoms with van der Waals surface area (Å²) in [5.74, 6) is -0.270. The molecule has 118 valence electrons. The lowest BCUT2D eigenvalue weighted by molar-refractivity contribution is -0.130. The predicted octanol–water partition coefficient (Wildman–Crippen LogP) is 1.90. The Hall–Kier alpha value is -2.89. The first kappa shape index (κ1) is 15.0. The van der Waals surface area contributed by atoms with Gasteiger partial charge >= 0.3 is 6.03 Å². The standard InChI is InChI=1S/C17H18N4O2/c1-17(14-11-18-20(2)12-14)15(22)21(16(23)19-17)10-6-9-13-7-4-3-5-8-13/h3-9,11-12H,10H2,1-2H3,(H,19,23)/b9-6+. The van der Waals surface area contributed by atoms with Crippen LogP contribution in [0.3, 0.4) is 0 Å². The highest BCUT2D eigenvalue weighted by molar-refractivity contribution is 6.07. The van der Waals surface area contributed by atoms with E-state index in [1.54, 1.807) is 31.0 Å². The van der Waals surface area contributed by atoms with E-state index in [-0.39, 0.29) is 18.5 Å². The lowest BCUT2D eigenvalue weighted by Gasteiger charge is -2.19. The Morgan fingerprint density at radius 1 is 1.26 bits per heavy atom. The molecule has 2 aromatic rings. The van der Waals surface area contributed by atoms with E-state index in [1.807, 2.05) is 42.5 Å². The Balaban J connectivity index is 1.75. The van der Waals surface area contributed by atoms with Crippen molar-refractivity contribution in [3.05, 3.63) is 59.9 Å². The van der Waals surface area contributed by atoms with Crippen LogP contribution in [0.4, 0.5) is 4.79 Å². The van der Waals surface area contributed by atoms with Gasteiger partial charge in [0.2, 0.25) is 0 Å². The van der Waals surface area contributed by atoms with E-state index in [4.69, 9.17) is 0 Å². The molecule has 1 saturated heterocycles. The van der Waals surface area contributed by atoms with Crippen molar-refractivity contribution >= 4 is 18.0 Å². The van der Waals surface area contributed by atoms with Crippen LogP contribution in [0, 0.1) is 0 Å². The predicted molar refractivity (Wildman–Crippen MR) is 86.3 cm³/mol. The highest BCUT2D eigenvalue weighted by Crippen LogP contribution is 2.28. The van der Waals surface area contributed by atoms with Gasteiger partial charge in [0.25, 0.3) is 5.91 Å². The number of hydrogen-bond acceptors (Lipinski definition) is 3. The number of rotatable bonds is 4. The number of aromatic nitrogens is 2. The third-order valence-corrected chi connectivity index (χ3v) is 3.96. The molecule has 0 radical (unpaired) electrons. The van der Waals surface area contributed by atoms with Crippen LogP contribution >= 0.6 is 0 Å². The molecule has 3 amide bonds. The Bertz CT molecular complexity index is 766. The third-order valence-electron chi connectivity index (χ3n) is 3.96. The van der Waals surface area contributed by atoms with Crippen LogP contribution in [-0.2, 0) is 17.4 Å². The zero-order valence-corrected chi connectivity index (χ0v) is 13.1. The van der Waals surface area contributed by atoms with Crippen LogP contribution in [0.25, 0.3) is 6.08 Å². The van der Waals surface area contributed by atoms with E-state index in [0.29, 0.717) is 5.56 Å². The number of imide groups is 1. The van der Waals surface area contributed by atoms with Gasteiger partial charge in [0, 0.05) is 25.4 Å². The van der Waals surface area contributed by atoms with E-state index >= 15 is 0 Å². The molecular weight excluding hydrogens is 292 g/mol. The summed E-state index contributed by atoms with van der Waals surface area (Å²) in [6.45, 7) is 1.93. The van der Waals surface area contributed by atoms with Gasteiger partial charge in [-0.15, -0.1) is 0 Å². The molecule has 0 saturated carbocycles. The van der Waals surface area contributed by atoms with Gasteiger partial charge in [0.05, 0.1) is 6.20 Å². The average Bonchev–Trinajstić information content (AvgIpc) is 3.06. The maximum Gasteiger partial charge on any atom is 0.325 e. The van der Waals surface area contributed by atoms with Crippen molar-refractivity contribution < 1.29 is 9.59 Å². The Kier molecular flexibility index (Phi) is 3.73. The Morgan fingerprint density at radius 2 is 2.00 bits per heavy atom. The van der Waals surface area contributed by atoms with Gasteiger partial charge in [0.15, 0.2) is 0 Å². The van der Waals surface area contributed by atoms with Gasteiger partial charge in [-0.25, -0.2) is 4.79 Å². The van der Waals surface area contributed by atoms with Crippen molar-refractivity contribution in [3.63, 3.8) is 0 Å². The van der Waals surface area contributed by atoms with Crippen LogP contribution in [0.1, 0.15) is 18.1 Å². The quantitative estimate of drug-likeness (QED) is 0.877. The second-order valence-corrected chi connectivity index (χ2v) is 5.69. The number of carbonyl (C=O) groups excluding carboxylic acids is 2. The van der Waals surface area contributed by atoms with E-state index < -0.39 is 5.54 Å². The fourth-order valence-corrected chi connectivity index (χ4v) is 2.60. The van der Waals surface area contributed by atoms with Gasteiger partial charge in [-0.05, 0) is 12.5 Å². The maximum absolute atomic E-state index is 12.7. The number of benzene rings is 1. The molecule has 23 heavy (non-hydrogen) atoms. The minimum atomic E-state index is -1.06. The fraction of sp³-hybridized carbons (Fsp3) is 0.235. The lowest BCUT2D eigenvalue weighted by atomic mass is 9.95. The second-order valence-electron chi connectivity index (χ2n) is 5.69. The molecule has 2 heterocycles. The number of carbonyl (C=O) groups is 2. The van der Waals surface area contributed by atoms with Crippen molar-refractivity contribution in [1.29, 1.82) is 0 Å². The van der Waals surface area contributed by atoms with Crippen LogP contribution in [0.5, 0.6) is 0 Å². The van der Waals surface area contributed by atoms with E-state index in [9.17, 15) is 9.59 Å². The van der Waals surface area contributed by atoms with Gasteiger partial charge < -0.3 is 5.32 Å². The molecule has 1 fully saturated rings. The van der Waals surface area contributed by atoms with Crippen LogP contribution in [0.15, 0.2) is 48.8 Å². The van der Waals surface area contributed by atoms with Crippen molar-refractivity contribution in [2.45, 2.75) is 12.5 Å². The molecule has 3 rings (SSSR count). The molecule has 1 atom stereocenters. The molecule has 6 nitrogen and oxygen atoms in total. The monoisotopic (exact) mass is 310 g/mol. The maximum atomic E-state index is 12.7. The first-order valence-corrected chi connectivity index (χ1v) is 7.35. The molecule has 1 aliphatic rings. The number of hydrogen-bond donors (Lipinski definition) is 1. The van der Waals surface area contributed by atoms with Gasteiger partial charge in [-0.2, -0.15) is 5.10 Å². The van der Waals surface area contributed by atoms with E-state index in [2.05, 4.69) is 10.4 Å². The zero-order valence-electron chi connectivity index (χ0n) is 13.1. The van der Waals surface area contributed by atoms with Gasteiger partial charge in [-0.3, -0.25) is 14.4 Å². The van der Waals surface area contributed by atoms with Crippen LogP contribution < -0.4 is 5.32 Å². The first-order valence-electron chi connectivity index (χ1n) is 7.35. The highest BCUT2D eigenvalue weighted by Gasteiger charge is 2.49. The summed E-state index contributed by atoms with van der Waals surface area (Å²) >= 11 is 0. The van der Waals surface area contributed by atoms with Crippen molar-refractivity contribution in [2.75, 3.05) is 6.54 Å². The summed E-state index contributed by atoms with van der Waals surface area (Å²) in [5, 5.41) is 6.83. The van der Waals surface area contributed by atoms with Gasteiger partial charge in [0.1, 0.15) is 5.54 Å². The molecule has 1 aromatic carbocycles. The van der Waals surface area contributed by atoms with Gasteiger partial charge in [-0.1, -0.05) is 42.5 Å². The Labute approximate surface area is 134 Å². The zero-order chi connectivity index (χ0) is 16.4. The minimum absolute atomic E-state index is 0.232. The average molecular weight is 310 g/mol. The normalized spacial score (nSPS) is 21.2. The summed E-state index contributed by atoms with van der Waals surface area (Å²) in [4.78, 5) is 26.0. The molecule has 1 aliphatic heterocycles. The summed E-state index contributed by atoms with van der Waals surface area (Å²) < 4.78 is 1.61. The SMILES string of the molecule is Cn1cc(C2(C)NC(=O)N(C/C=C/c3ccccc3)C2=O)cn1. The lowest BCUT2D eigenvalue weighted by Crippen LogP contribution is -2.40. The minimum Gasteiger partial charge on any atom is -0.319 e. The number of amides is 3. The molecule has 0 bridgehead atoms. The van der Waals surface area contributed by atoms with Crippen molar-refractivity contribution in [2.24, 2.45) is 7.05 Å². The van der Waals surface area contributed by atoms with Crippen molar-refractivity contribution in [1.82, 2.24) is 20.0 Å². The molecule has 0 spiro atoms. The number of aryl methyl sites for hydroxylation is 1. The first-order chi connectivity index (χ1) is 11.0. The molecule has 1 unspecified atom stereocenters. The highest BCUT2D eigenvalue weighted by atomic mass is 16.2. The summed E-state index contributed by atoms with van der Waals surface area (Å²) in [6.07, 6.45) is 7.03. The number of urea groups is 1. The van der Waals surface area contributed by atoms with E-state index in [1.165, 1.54) is 4.90 Å². The Morgan fingerprint density at radius 3 is 2.65 bits per heavy atom. The molecule has 1 N–H and O–H groups in total. The molecular formula is C17H18N4O2. The molecule has 1 aromatic heterocycles.